The molecule has 0 spiro atoms. The van der Waals surface area contributed by atoms with E-state index in [0.29, 0.717) is 13.1 Å². The summed E-state index contributed by atoms with van der Waals surface area (Å²) < 4.78 is 60.6. The third-order valence-corrected chi connectivity index (χ3v) is 2.56. The Morgan fingerprint density at radius 3 is 2.22 bits per heavy atom. The Hall–Kier alpha value is -0.960. The van der Waals surface area contributed by atoms with Crippen molar-refractivity contribution in [1.82, 2.24) is 15.5 Å². The number of amides is 1. The molecule has 0 atom stereocenters. The number of alkyl halides is 5. The zero-order valence-corrected chi connectivity index (χ0v) is 9.49. The lowest BCUT2D eigenvalue weighted by Gasteiger charge is -2.27. The van der Waals surface area contributed by atoms with Crippen LogP contribution < -0.4 is 10.6 Å². The molecule has 0 saturated carbocycles. The van der Waals surface area contributed by atoms with Crippen molar-refractivity contribution in [2.45, 2.75) is 12.1 Å². The Morgan fingerprint density at radius 1 is 1.17 bits per heavy atom. The number of rotatable bonds is 4. The minimum atomic E-state index is -5.86. The van der Waals surface area contributed by atoms with Gasteiger partial charge in [0.15, 0.2) is 0 Å². The van der Waals surface area contributed by atoms with E-state index in [1.165, 1.54) is 0 Å². The van der Waals surface area contributed by atoms with Crippen molar-refractivity contribution in [3.8, 4) is 0 Å². The fourth-order valence-corrected chi connectivity index (χ4v) is 1.50. The Kier molecular flexibility index (Phi) is 4.85. The van der Waals surface area contributed by atoms with Crippen LogP contribution in [0.1, 0.15) is 0 Å². The van der Waals surface area contributed by atoms with Crippen molar-refractivity contribution in [2.75, 3.05) is 39.3 Å². The number of hydrogen-bond acceptors (Lipinski definition) is 3. The van der Waals surface area contributed by atoms with E-state index in [1.54, 1.807) is 5.32 Å². The highest BCUT2D eigenvalue weighted by molar-refractivity contribution is 5.84. The molecule has 1 aliphatic rings. The first-order valence-corrected chi connectivity index (χ1v) is 5.41. The lowest BCUT2D eigenvalue weighted by atomic mass is 10.3. The summed E-state index contributed by atoms with van der Waals surface area (Å²) in [4.78, 5) is 12.6. The van der Waals surface area contributed by atoms with Crippen LogP contribution in [0.25, 0.3) is 0 Å². The minimum absolute atomic E-state index is 0.232. The maximum atomic E-state index is 12.5. The van der Waals surface area contributed by atoms with Gasteiger partial charge in [0.2, 0.25) is 0 Å². The summed E-state index contributed by atoms with van der Waals surface area (Å²) >= 11 is 0. The lowest BCUT2D eigenvalue weighted by molar-refractivity contribution is -0.269. The zero-order valence-electron chi connectivity index (χ0n) is 9.49. The molecule has 106 valence electrons. The molecule has 18 heavy (non-hydrogen) atoms. The predicted octanol–water partition coefficient (Wildman–Crippen LogP) is 0.205. The van der Waals surface area contributed by atoms with E-state index in [9.17, 15) is 26.7 Å². The second-order valence-corrected chi connectivity index (χ2v) is 3.92. The normalized spacial score (nSPS) is 18.7. The molecular weight excluding hydrogens is 261 g/mol. The molecule has 1 fully saturated rings. The van der Waals surface area contributed by atoms with Crippen molar-refractivity contribution < 1.29 is 26.7 Å². The molecule has 0 aromatic heterocycles. The molecule has 0 aliphatic carbocycles. The highest BCUT2D eigenvalue weighted by Gasteiger charge is 2.63. The molecular formula is C9H14F5N3O. The molecule has 0 bridgehead atoms. The van der Waals surface area contributed by atoms with Gasteiger partial charge < -0.3 is 10.6 Å². The van der Waals surface area contributed by atoms with Crippen LogP contribution in [-0.2, 0) is 4.79 Å². The summed E-state index contributed by atoms with van der Waals surface area (Å²) in [7, 11) is 0. The molecule has 0 aromatic carbocycles. The molecule has 0 aromatic rings. The maximum Gasteiger partial charge on any atom is 0.463 e. The molecule has 1 aliphatic heterocycles. The van der Waals surface area contributed by atoms with E-state index < -0.39 is 18.0 Å². The molecule has 1 amide bonds. The van der Waals surface area contributed by atoms with Gasteiger partial charge in [-0.3, -0.25) is 9.69 Å². The molecule has 1 heterocycles. The second-order valence-electron chi connectivity index (χ2n) is 3.92. The Balaban J connectivity index is 2.32. The van der Waals surface area contributed by atoms with Gasteiger partial charge in [-0.1, -0.05) is 0 Å². The van der Waals surface area contributed by atoms with Gasteiger partial charge in [-0.15, -0.1) is 0 Å². The fourth-order valence-electron chi connectivity index (χ4n) is 1.50. The summed E-state index contributed by atoms with van der Waals surface area (Å²) in [6.07, 6.45) is -5.86. The van der Waals surface area contributed by atoms with Crippen molar-refractivity contribution >= 4 is 5.91 Å². The maximum absolute atomic E-state index is 12.5. The highest BCUT2D eigenvalue weighted by atomic mass is 19.4. The van der Waals surface area contributed by atoms with Crippen LogP contribution in [0.3, 0.4) is 0 Å². The monoisotopic (exact) mass is 275 g/mol. The predicted molar refractivity (Wildman–Crippen MR) is 53.3 cm³/mol. The van der Waals surface area contributed by atoms with Crippen LogP contribution in [0.4, 0.5) is 22.0 Å². The molecule has 0 unspecified atom stereocenters. The molecule has 0 radical (unpaired) electrons. The Morgan fingerprint density at radius 2 is 1.72 bits per heavy atom. The third kappa shape index (κ3) is 3.77. The number of nitrogens with one attached hydrogen (secondary N) is 2. The van der Waals surface area contributed by atoms with Crippen LogP contribution in [0, 0.1) is 0 Å². The van der Waals surface area contributed by atoms with Gasteiger partial charge in [0.25, 0.3) is 5.91 Å². The lowest BCUT2D eigenvalue weighted by Crippen LogP contribution is -2.52. The summed E-state index contributed by atoms with van der Waals surface area (Å²) in [5.74, 6) is -7.64. The van der Waals surface area contributed by atoms with Crippen LogP contribution in [0.5, 0.6) is 0 Å². The van der Waals surface area contributed by atoms with Crippen LogP contribution in [0.15, 0.2) is 0 Å². The quantitative estimate of drug-likeness (QED) is 0.721. The highest BCUT2D eigenvalue weighted by Crippen LogP contribution is 2.35. The van der Waals surface area contributed by atoms with Gasteiger partial charge in [0, 0.05) is 39.3 Å². The molecule has 1 saturated heterocycles. The SMILES string of the molecule is O=C(NCCN1CCNCC1)C(F)(F)C(F)(F)F. The van der Waals surface area contributed by atoms with Crippen molar-refractivity contribution in [3.05, 3.63) is 0 Å². The van der Waals surface area contributed by atoms with Gasteiger partial charge in [0.1, 0.15) is 0 Å². The first kappa shape index (κ1) is 15.1. The average molecular weight is 275 g/mol. The standard InChI is InChI=1S/C9H14F5N3O/c10-8(11,9(12,13)14)7(18)16-3-6-17-4-1-15-2-5-17/h15H,1-6H2,(H,16,18). The van der Waals surface area contributed by atoms with E-state index >= 15 is 0 Å². The van der Waals surface area contributed by atoms with E-state index in [0.717, 1.165) is 13.1 Å². The average Bonchev–Trinajstić information content (AvgIpc) is 2.28. The van der Waals surface area contributed by atoms with Crippen molar-refractivity contribution in [1.29, 1.82) is 0 Å². The van der Waals surface area contributed by atoms with E-state index in [2.05, 4.69) is 5.32 Å². The smallest absolute Gasteiger partial charge is 0.349 e. The first-order chi connectivity index (χ1) is 8.25. The Bertz CT molecular complexity index is 288. The van der Waals surface area contributed by atoms with Gasteiger partial charge in [-0.05, 0) is 0 Å². The van der Waals surface area contributed by atoms with E-state index in [-0.39, 0.29) is 13.1 Å². The first-order valence-electron chi connectivity index (χ1n) is 5.41. The Labute approximate surface area is 101 Å². The number of hydrogen-bond donors (Lipinski definition) is 2. The largest absolute Gasteiger partial charge is 0.463 e. The topological polar surface area (TPSA) is 44.4 Å². The molecule has 2 N–H and O–H groups in total. The second kappa shape index (κ2) is 5.79. The summed E-state index contributed by atoms with van der Waals surface area (Å²) in [5, 5.41) is 4.67. The van der Waals surface area contributed by atoms with E-state index in [4.69, 9.17) is 0 Å². The van der Waals surface area contributed by atoms with Gasteiger partial charge >= 0.3 is 12.1 Å². The number of carbonyl (C=O) groups excluding carboxylic acids is 1. The number of nitrogens with zero attached hydrogens (tertiary/aromatic N) is 1. The zero-order chi connectivity index (χ0) is 13.8. The molecule has 4 nitrogen and oxygen atoms in total. The minimum Gasteiger partial charge on any atom is -0.349 e. The number of carbonyl (C=O) groups is 1. The third-order valence-electron chi connectivity index (χ3n) is 2.56. The number of piperazine rings is 1. The molecule has 9 heteroatoms. The van der Waals surface area contributed by atoms with E-state index in [1.807, 2.05) is 4.90 Å². The fraction of sp³-hybridized carbons (Fsp3) is 0.889. The van der Waals surface area contributed by atoms with Crippen LogP contribution in [-0.4, -0.2) is 62.2 Å². The van der Waals surface area contributed by atoms with Gasteiger partial charge in [-0.25, -0.2) is 0 Å². The van der Waals surface area contributed by atoms with Crippen LogP contribution in [0.2, 0.25) is 0 Å². The van der Waals surface area contributed by atoms with Gasteiger partial charge in [-0.2, -0.15) is 22.0 Å². The van der Waals surface area contributed by atoms with Crippen molar-refractivity contribution in [3.63, 3.8) is 0 Å². The summed E-state index contributed by atoms with van der Waals surface area (Å²) in [6.45, 7) is 2.82. The van der Waals surface area contributed by atoms with Crippen LogP contribution >= 0.6 is 0 Å². The summed E-state index contributed by atoms with van der Waals surface area (Å²) in [6, 6.07) is 0. The van der Waals surface area contributed by atoms with Gasteiger partial charge in [0.05, 0.1) is 0 Å². The summed E-state index contributed by atoms with van der Waals surface area (Å²) in [5.41, 5.74) is 0. The molecule has 1 rings (SSSR count). The number of halogens is 5. The van der Waals surface area contributed by atoms with Crippen molar-refractivity contribution in [2.24, 2.45) is 0 Å².